The Labute approximate surface area is 121 Å². The minimum Gasteiger partial charge on any atom is -0.392 e. The van der Waals surface area contributed by atoms with Crippen LogP contribution in [0.3, 0.4) is 0 Å². The zero-order valence-electron chi connectivity index (χ0n) is 13.0. The van der Waals surface area contributed by atoms with Crippen molar-refractivity contribution in [3.05, 3.63) is 29.1 Å². The number of amides is 1. The highest BCUT2D eigenvalue weighted by molar-refractivity contribution is 6.89. The molecule has 0 unspecified atom stereocenters. The number of carbonyl (C=O) groups is 1. The summed E-state index contributed by atoms with van der Waals surface area (Å²) in [6, 6.07) is 2.87. The van der Waals surface area contributed by atoms with Crippen LogP contribution in [-0.4, -0.2) is 37.1 Å². The number of carbonyl (C=O) groups excluding carboxylic acids is 1. The minimum atomic E-state index is -2.04. The van der Waals surface area contributed by atoms with E-state index in [0.29, 0.717) is 29.4 Å². The average Bonchev–Trinajstić information content (AvgIpc) is 2.38. The Morgan fingerprint density at radius 2 is 1.80 bits per heavy atom. The maximum atomic E-state index is 14.3. The van der Waals surface area contributed by atoms with Crippen molar-refractivity contribution in [2.75, 3.05) is 13.1 Å². The largest absolute Gasteiger partial charge is 0.392 e. The molecule has 0 aliphatic heterocycles. The molecule has 0 heterocycles. The summed E-state index contributed by atoms with van der Waals surface area (Å²) in [5.41, 5.74) is 0.885. The number of nitrogens with zero attached hydrogens (tertiary/aromatic N) is 1. The number of hydrogen-bond acceptors (Lipinski definition) is 2. The summed E-state index contributed by atoms with van der Waals surface area (Å²) in [7, 11) is -2.04. The molecule has 0 aliphatic rings. The van der Waals surface area contributed by atoms with Crippen molar-refractivity contribution in [2.45, 2.75) is 40.1 Å². The number of hydrogen-bond donors (Lipinski definition) is 1. The van der Waals surface area contributed by atoms with Crippen molar-refractivity contribution in [1.82, 2.24) is 4.90 Å². The van der Waals surface area contributed by atoms with Gasteiger partial charge in [0, 0.05) is 18.7 Å². The van der Waals surface area contributed by atoms with Gasteiger partial charge in [0.15, 0.2) is 0 Å². The van der Waals surface area contributed by atoms with Crippen molar-refractivity contribution >= 4 is 19.2 Å². The third kappa shape index (κ3) is 3.27. The number of rotatable bonds is 5. The summed E-state index contributed by atoms with van der Waals surface area (Å²) >= 11 is 0. The summed E-state index contributed by atoms with van der Waals surface area (Å²) in [6.45, 7) is 10.7. The predicted molar refractivity (Wildman–Crippen MR) is 82.6 cm³/mol. The van der Waals surface area contributed by atoms with E-state index in [4.69, 9.17) is 0 Å². The van der Waals surface area contributed by atoms with Gasteiger partial charge in [-0.1, -0.05) is 25.7 Å². The van der Waals surface area contributed by atoms with Crippen LogP contribution in [0.2, 0.25) is 19.6 Å². The smallest absolute Gasteiger partial charge is 0.254 e. The SMILES string of the molecule is CCN(CC)C(=O)c1c(CO)ccc(F)c1[Si](C)(C)C. The maximum absolute atomic E-state index is 14.3. The molecule has 1 amide bonds. The molecular weight excluding hydrogens is 273 g/mol. The van der Waals surface area contributed by atoms with Gasteiger partial charge in [0.05, 0.1) is 14.7 Å². The topological polar surface area (TPSA) is 40.5 Å². The van der Waals surface area contributed by atoms with Gasteiger partial charge in [0.2, 0.25) is 0 Å². The highest BCUT2D eigenvalue weighted by atomic mass is 28.3. The fraction of sp³-hybridized carbons (Fsp3) is 0.533. The molecular formula is C15H24FNO2Si. The monoisotopic (exact) mass is 297 g/mol. The Bertz CT molecular complexity index is 493. The Hall–Kier alpha value is -1.20. The maximum Gasteiger partial charge on any atom is 0.254 e. The van der Waals surface area contributed by atoms with Gasteiger partial charge in [-0.2, -0.15) is 0 Å². The second-order valence-electron chi connectivity index (χ2n) is 5.84. The van der Waals surface area contributed by atoms with Crippen LogP contribution in [0, 0.1) is 5.82 Å². The standard InChI is InChI=1S/C15H24FNO2Si/c1-6-17(7-2)15(19)13-11(10-18)8-9-12(16)14(13)20(3,4)5/h8-9,18H,6-7,10H2,1-5H3. The number of halogens is 1. The molecule has 0 spiro atoms. The van der Waals surface area contributed by atoms with E-state index >= 15 is 0 Å². The van der Waals surface area contributed by atoms with Gasteiger partial charge in [0.25, 0.3) is 5.91 Å². The zero-order chi connectivity index (χ0) is 15.5. The van der Waals surface area contributed by atoms with Gasteiger partial charge in [-0.3, -0.25) is 4.79 Å². The van der Waals surface area contributed by atoms with E-state index in [9.17, 15) is 14.3 Å². The first-order valence-corrected chi connectivity index (χ1v) is 10.5. The summed E-state index contributed by atoms with van der Waals surface area (Å²) in [4.78, 5) is 14.3. The molecule has 0 fully saturated rings. The van der Waals surface area contributed by atoms with E-state index in [1.165, 1.54) is 12.1 Å². The Morgan fingerprint density at radius 3 is 2.20 bits per heavy atom. The van der Waals surface area contributed by atoms with Crippen molar-refractivity contribution < 1.29 is 14.3 Å². The molecule has 20 heavy (non-hydrogen) atoms. The van der Waals surface area contributed by atoms with Crippen molar-refractivity contribution in [3.63, 3.8) is 0 Å². The molecule has 1 aromatic rings. The lowest BCUT2D eigenvalue weighted by Crippen LogP contribution is -2.47. The number of benzene rings is 1. The van der Waals surface area contributed by atoms with Crippen LogP contribution in [0.15, 0.2) is 12.1 Å². The zero-order valence-corrected chi connectivity index (χ0v) is 14.0. The molecule has 0 radical (unpaired) electrons. The van der Waals surface area contributed by atoms with Gasteiger partial charge < -0.3 is 10.0 Å². The Morgan fingerprint density at radius 1 is 1.25 bits per heavy atom. The fourth-order valence-corrected chi connectivity index (χ4v) is 4.22. The molecule has 112 valence electrons. The quantitative estimate of drug-likeness (QED) is 0.848. The molecule has 1 rings (SSSR count). The van der Waals surface area contributed by atoms with Crippen LogP contribution in [0.5, 0.6) is 0 Å². The van der Waals surface area contributed by atoms with Crippen molar-refractivity contribution in [3.8, 4) is 0 Å². The van der Waals surface area contributed by atoms with Crippen LogP contribution in [-0.2, 0) is 6.61 Å². The molecule has 1 aromatic carbocycles. The van der Waals surface area contributed by atoms with E-state index in [0.717, 1.165) is 0 Å². The molecule has 3 nitrogen and oxygen atoms in total. The third-order valence-corrected chi connectivity index (χ3v) is 5.41. The summed E-state index contributed by atoms with van der Waals surface area (Å²) in [6.07, 6.45) is 0. The van der Waals surface area contributed by atoms with Gasteiger partial charge in [-0.15, -0.1) is 0 Å². The number of aliphatic hydroxyl groups is 1. The van der Waals surface area contributed by atoms with E-state index in [2.05, 4.69) is 0 Å². The fourth-order valence-electron chi connectivity index (χ4n) is 2.40. The van der Waals surface area contributed by atoms with Crippen LogP contribution in [0.1, 0.15) is 29.8 Å². The molecule has 0 bridgehead atoms. The van der Waals surface area contributed by atoms with Crippen LogP contribution in [0.4, 0.5) is 4.39 Å². The second kappa shape index (κ2) is 6.50. The van der Waals surface area contributed by atoms with Gasteiger partial charge >= 0.3 is 0 Å². The third-order valence-electron chi connectivity index (χ3n) is 3.43. The van der Waals surface area contributed by atoms with Gasteiger partial charge in [0.1, 0.15) is 5.82 Å². The lowest BCUT2D eigenvalue weighted by atomic mass is 10.1. The van der Waals surface area contributed by atoms with Crippen LogP contribution >= 0.6 is 0 Å². The first-order chi connectivity index (χ1) is 9.27. The second-order valence-corrected chi connectivity index (χ2v) is 10.8. The number of aliphatic hydroxyl groups excluding tert-OH is 1. The Kier molecular flexibility index (Phi) is 5.47. The first-order valence-electron chi connectivity index (χ1n) is 6.99. The lowest BCUT2D eigenvalue weighted by molar-refractivity contribution is 0.0770. The molecule has 0 saturated heterocycles. The van der Waals surface area contributed by atoms with Crippen LogP contribution < -0.4 is 5.19 Å². The molecule has 0 atom stereocenters. The van der Waals surface area contributed by atoms with Crippen molar-refractivity contribution in [2.24, 2.45) is 0 Å². The molecule has 0 saturated carbocycles. The average molecular weight is 297 g/mol. The summed E-state index contributed by atoms with van der Waals surface area (Å²) < 4.78 is 14.3. The van der Waals surface area contributed by atoms with E-state index in [1.807, 2.05) is 33.5 Å². The molecule has 0 aliphatic carbocycles. The van der Waals surface area contributed by atoms with E-state index < -0.39 is 8.07 Å². The molecule has 1 N–H and O–H groups in total. The van der Waals surface area contributed by atoms with Crippen molar-refractivity contribution in [1.29, 1.82) is 0 Å². The lowest BCUT2D eigenvalue weighted by Gasteiger charge is -2.27. The van der Waals surface area contributed by atoms with Gasteiger partial charge in [-0.05, 0) is 30.7 Å². The predicted octanol–water partition coefficient (Wildman–Crippen LogP) is 2.35. The normalized spacial score (nSPS) is 11.6. The van der Waals surface area contributed by atoms with E-state index in [-0.39, 0.29) is 18.3 Å². The highest BCUT2D eigenvalue weighted by Gasteiger charge is 2.30. The molecule has 5 heteroatoms. The first kappa shape index (κ1) is 16.9. The molecule has 0 aromatic heterocycles. The summed E-state index contributed by atoms with van der Waals surface area (Å²) in [5, 5.41) is 10.0. The van der Waals surface area contributed by atoms with E-state index in [1.54, 1.807) is 4.90 Å². The van der Waals surface area contributed by atoms with Gasteiger partial charge in [-0.25, -0.2) is 4.39 Å². The Balaban J connectivity index is 3.57. The summed E-state index contributed by atoms with van der Waals surface area (Å²) in [5.74, 6) is -0.521. The minimum absolute atomic E-state index is 0.184. The highest BCUT2D eigenvalue weighted by Crippen LogP contribution is 2.17. The van der Waals surface area contributed by atoms with Crippen LogP contribution in [0.25, 0.3) is 0 Å².